The lowest BCUT2D eigenvalue weighted by atomic mass is 10.0. The summed E-state index contributed by atoms with van der Waals surface area (Å²) in [7, 11) is 1.83. The predicted octanol–water partition coefficient (Wildman–Crippen LogP) is 5.68. The van der Waals surface area contributed by atoms with Crippen molar-refractivity contribution in [2.75, 3.05) is 11.1 Å². The van der Waals surface area contributed by atoms with E-state index in [1.165, 1.54) is 11.8 Å². The summed E-state index contributed by atoms with van der Waals surface area (Å²) in [4.78, 5) is 25.3. The van der Waals surface area contributed by atoms with E-state index in [9.17, 15) is 9.59 Å². The number of thioether (sulfide) groups is 1. The van der Waals surface area contributed by atoms with Crippen LogP contribution in [0.25, 0.3) is 0 Å². The maximum Gasteiger partial charge on any atom is 0.253 e. The summed E-state index contributed by atoms with van der Waals surface area (Å²) in [5, 5.41) is 16.0. The number of nitrogens with zero attached hydrogens (tertiary/aromatic N) is 3. The second-order valence-corrected chi connectivity index (χ2v) is 10.0. The predicted molar refractivity (Wildman–Crippen MR) is 138 cm³/mol. The molecule has 3 aromatic rings. The van der Waals surface area contributed by atoms with Crippen LogP contribution in [0.2, 0.25) is 10.0 Å². The molecular formula is C24H27Cl2N5O2S. The first-order valence-electron chi connectivity index (χ1n) is 10.8. The topological polar surface area (TPSA) is 88.9 Å². The van der Waals surface area contributed by atoms with Gasteiger partial charge in [-0.25, -0.2) is 0 Å². The molecule has 34 heavy (non-hydrogen) atoms. The number of aromatic nitrogens is 3. The normalized spacial score (nSPS) is 12.0. The molecule has 1 unspecified atom stereocenters. The van der Waals surface area contributed by atoms with Crippen LogP contribution in [0.3, 0.4) is 0 Å². The first-order chi connectivity index (χ1) is 16.2. The third-order valence-corrected chi connectivity index (χ3v) is 6.94. The Labute approximate surface area is 213 Å². The fourth-order valence-electron chi connectivity index (χ4n) is 3.40. The fraction of sp³-hybridized carbons (Fsp3) is 0.333. The molecule has 10 heteroatoms. The van der Waals surface area contributed by atoms with Crippen molar-refractivity contribution >= 4 is 52.5 Å². The number of rotatable bonds is 9. The Morgan fingerprint density at radius 2 is 1.76 bits per heavy atom. The summed E-state index contributed by atoms with van der Waals surface area (Å²) >= 11 is 13.6. The Bertz CT molecular complexity index is 1180. The minimum absolute atomic E-state index is 0.152. The first-order valence-corrected chi connectivity index (χ1v) is 12.5. The van der Waals surface area contributed by atoms with Gasteiger partial charge in [0.1, 0.15) is 0 Å². The molecule has 0 radical (unpaired) electrons. The van der Waals surface area contributed by atoms with Gasteiger partial charge in [0.25, 0.3) is 5.91 Å². The van der Waals surface area contributed by atoms with Gasteiger partial charge in [0.2, 0.25) is 5.91 Å². The second kappa shape index (κ2) is 11.7. The van der Waals surface area contributed by atoms with Crippen LogP contribution in [0.5, 0.6) is 0 Å². The van der Waals surface area contributed by atoms with E-state index in [2.05, 4.69) is 34.7 Å². The minimum Gasteiger partial charge on any atom is -0.342 e. The molecule has 180 valence electrons. The van der Waals surface area contributed by atoms with E-state index in [0.717, 1.165) is 5.56 Å². The highest BCUT2D eigenvalue weighted by Crippen LogP contribution is 2.26. The fourth-order valence-corrected chi connectivity index (χ4v) is 4.51. The molecule has 1 atom stereocenters. The standard InChI is InChI=1S/C24H27Cl2N5O2S/c1-14(2)12-20(28-23(33)16-8-5-6-9-18(16)26)22-29-30-24(31(22)4)34-13-21(32)27-19-11-7-10-17(25)15(19)3/h5-11,14,20H,12-13H2,1-4H3,(H,27,32)(H,28,33). The number of nitrogens with one attached hydrogen (secondary N) is 2. The Morgan fingerprint density at radius 1 is 1.06 bits per heavy atom. The molecule has 7 nitrogen and oxygen atoms in total. The van der Waals surface area contributed by atoms with Crippen molar-refractivity contribution in [3.8, 4) is 0 Å². The number of hydrogen-bond donors (Lipinski definition) is 2. The van der Waals surface area contributed by atoms with Crippen molar-refractivity contribution in [3.63, 3.8) is 0 Å². The van der Waals surface area contributed by atoms with Gasteiger partial charge in [0.05, 0.1) is 22.4 Å². The average molecular weight is 520 g/mol. The largest absolute Gasteiger partial charge is 0.342 e. The summed E-state index contributed by atoms with van der Waals surface area (Å²) in [6.45, 7) is 6.00. The van der Waals surface area contributed by atoms with Crippen molar-refractivity contribution < 1.29 is 9.59 Å². The summed E-state index contributed by atoms with van der Waals surface area (Å²) in [6, 6.07) is 11.9. The molecule has 0 bridgehead atoms. The smallest absolute Gasteiger partial charge is 0.253 e. The van der Waals surface area contributed by atoms with Crippen LogP contribution in [0.1, 0.15) is 48.1 Å². The summed E-state index contributed by atoms with van der Waals surface area (Å²) in [5.41, 5.74) is 1.90. The Morgan fingerprint density at radius 3 is 2.47 bits per heavy atom. The zero-order valence-corrected chi connectivity index (χ0v) is 21.8. The molecule has 2 amide bonds. The third kappa shape index (κ3) is 6.52. The minimum atomic E-state index is -0.362. The van der Waals surface area contributed by atoms with Crippen LogP contribution >= 0.6 is 35.0 Å². The van der Waals surface area contributed by atoms with E-state index in [-0.39, 0.29) is 23.6 Å². The maximum atomic E-state index is 12.9. The molecular weight excluding hydrogens is 493 g/mol. The number of halogens is 2. The first kappa shape index (κ1) is 26.1. The van der Waals surface area contributed by atoms with Crippen molar-refractivity contribution in [2.24, 2.45) is 13.0 Å². The number of carbonyl (C=O) groups excluding carboxylic acids is 2. The lowest BCUT2D eigenvalue weighted by molar-refractivity contribution is -0.113. The molecule has 0 aliphatic heterocycles. The van der Waals surface area contributed by atoms with E-state index >= 15 is 0 Å². The zero-order valence-electron chi connectivity index (χ0n) is 19.4. The molecule has 1 aromatic heterocycles. The van der Waals surface area contributed by atoms with Gasteiger partial charge in [-0.3, -0.25) is 9.59 Å². The Kier molecular flexibility index (Phi) is 8.99. The van der Waals surface area contributed by atoms with E-state index in [0.29, 0.717) is 44.6 Å². The summed E-state index contributed by atoms with van der Waals surface area (Å²) in [6.07, 6.45) is 0.668. The SMILES string of the molecule is Cc1c(Cl)cccc1NC(=O)CSc1nnc(C(CC(C)C)NC(=O)c2ccccc2Cl)n1C. The average Bonchev–Trinajstić information content (AvgIpc) is 3.15. The van der Waals surface area contributed by atoms with Crippen molar-refractivity contribution in [3.05, 3.63) is 69.5 Å². The van der Waals surface area contributed by atoms with Crippen LogP contribution in [-0.4, -0.2) is 32.3 Å². The van der Waals surface area contributed by atoms with Gasteiger partial charge in [0.15, 0.2) is 11.0 Å². The van der Waals surface area contributed by atoms with Gasteiger partial charge >= 0.3 is 0 Å². The second-order valence-electron chi connectivity index (χ2n) is 8.28. The monoisotopic (exact) mass is 519 g/mol. The summed E-state index contributed by atoms with van der Waals surface area (Å²) < 4.78 is 1.81. The van der Waals surface area contributed by atoms with E-state index in [4.69, 9.17) is 23.2 Å². The van der Waals surface area contributed by atoms with Crippen LogP contribution in [0.15, 0.2) is 47.6 Å². The molecule has 1 heterocycles. The molecule has 0 saturated carbocycles. The van der Waals surface area contributed by atoms with Gasteiger partial charge < -0.3 is 15.2 Å². The van der Waals surface area contributed by atoms with Gasteiger partial charge in [-0.15, -0.1) is 10.2 Å². The third-order valence-electron chi connectivity index (χ3n) is 5.19. The van der Waals surface area contributed by atoms with E-state index in [1.54, 1.807) is 36.4 Å². The lowest BCUT2D eigenvalue weighted by Crippen LogP contribution is -2.31. The molecule has 0 fully saturated rings. The van der Waals surface area contributed by atoms with Crippen LogP contribution in [0.4, 0.5) is 5.69 Å². The van der Waals surface area contributed by atoms with Crippen LogP contribution < -0.4 is 10.6 Å². The van der Waals surface area contributed by atoms with Gasteiger partial charge in [-0.2, -0.15) is 0 Å². The highest BCUT2D eigenvalue weighted by atomic mass is 35.5. The highest BCUT2D eigenvalue weighted by molar-refractivity contribution is 7.99. The van der Waals surface area contributed by atoms with Crippen LogP contribution in [0, 0.1) is 12.8 Å². The maximum absolute atomic E-state index is 12.9. The highest BCUT2D eigenvalue weighted by Gasteiger charge is 2.24. The number of carbonyl (C=O) groups is 2. The van der Waals surface area contributed by atoms with Gasteiger partial charge in [-0.1, -0.05) is 67.0 Å². The molecule has 3 rings (SSSR count). The molecule has 0 spiro atoms. The van der Waals surface area contributed by atoms with Gasteiger partial charge in [-0.05, 0) is 49.1 Å². The number of benzene rings is 2. The molecule has 2 aromatic carbocycles. The molecule has 2 N–H and O–H groups in total. The lowest BCUT2D eigenvalue weighted by Gasteiger charge is -2.20. The number of hydrogen-bond acceptors (Lipinski definition) is 5. The number of amides is 2. The summed E-state index contributed by atoms with van der Waals surface area (Å²) in [5.74, 6) is 0.618. The molecule has 0 saturated heterocycles. The van der Waals surface area contributed by atoms with Gasteiger partial charge in [0, 0.05) is 17.8 Å². The van der Waals surface area contributed by atoms with Crippen molar-refractivity contribution in [1.82, 2.24) is 20.1 Å². The molecule has 0 aliphatic carbocycles. The van der Waals surface area contributed by atoms with Crippen LogP contribution in [-0.2, 0) is 11.8 Å². The van der Waals surface area contributed by atoms with Crippen molar-refractivity contribution in [1.29, 1.82) is 0 Å². The molecule has 0 aliphatic rings. The van der Waals surface area contributed by atoms with E-state index in [1.807, 2.05) is 24.6 Å². The zero-order chi connectivity index (χ0) is 24.8. The Balaban J connectivity index is 1.70. The Hall–Kier alpha value is -2.55. The van der Waals surface area contributed by atoms with E-state index < -0.39 is 0 Å². The number of anilines is 1. The van der Waals surface area contributed by atoms with Crippen molar-refractivity contribution in [2.45, 2.75) is 38.4 Å². The quantitative estimate of drug-likeness (QED) is 0.355.